The molecule has 94 valence electrons. The molecular weight excluding hydrogens is 230 g/mol. The van der Waals surface area contributed by atoms with E-state index in [4.69, 9.17) is 4.74 Å². The van der Waals surface area contributed by atoms with Gasteiger partial charge in [-0.05, 0) is 12.2 Å². The molecule has 0 aromatic carbocycles. The van der Waals surface area contributed by atoms with E-state index in [1.807, 2.05) is 17.2 Å². The molecule has 3 aliphatic heterocycles. The fourth-order valence-corrected chi connectivity index (χ4v) is 2.26. The second-order valence-electron chi connectivity index (χ2n) is 4.57. The highest BCUT2D eigenvalue weighted by Crippen LogP contribution is 2.34. The molecule has 0 bridgehead atoms. The number of ether oxygens (including phenoxy) is 1. The summed E-state index contributed by atoms with van der Waals surface area (Å²) in [6.45, 7) is 1.71. The second kappa shape index (κ2) is 3.94. The molecule has 0 saturated carbocycles. The first-order valence-electron chi connectivity index (χ1n) is 5.91. The predicted molar refractivity (Wildman–Crippen MR) is 66.8 cm³/mol. The lowest BCUT2D eigenvalue weighted by atomic mass is 9.99. The fraction of sp³-hybridized carbons (Fsp3) is 0.308. The summed E-state index contributed by atoms with van der Waals surface area (Å²) < 4.78 is 5.57. The molecular formula is C13H15N3O2. The minimum atomic E-state index is -0.0106. The monoisotopic (exact) mass is 245 g/mol. The van der Waals surface area contributed by atoms with E-state index in [0.717, 1.165) is 30.2 Å². The smallest absolute Gasteiger partial charge is 0.255 e. The van der Waals surface area contributed by atoms with Crippen molar-refractivity contribution < 1.29 is 9.53 Å². The van der Waals surface area contributed by atoms with Gasteiger partial charge in [0.2, 0.25) is 0 Å². The fourth-order valence-electron chi connectivity index (χ4n) is 2.26. The molecule has 0 aromatic rings. The molecule has 0 unspecified atom stereocenters. The van der Waals surface area contributed by atoms with Crippen molar-refractivity contribution in [1.29, 1.82) is 0 Å². The average molecular weight is 245 g/mol. The van der Waals surface area contributed by atoms with Gasteiger partial charge < -0.3 is 19.9 Å². The number of amides is 1. The van der Waals surface area contributed by atoms with E-state index in [1.165, 1.54) is 0 Å². The summed E-state index contributed by atoms with van der Waals surface area (Å²) in [4.78, 5) is 15.8. The molecule has 0 atom stereocenters. The summed E-state index contributed by atoms with van der Waals surface area (Å²) in [5.74, 6) is 1.67. The SMILES string of the molecule is CN(C)C(=O)C1=CN2CCNC2=C2OC=CC=C12. The highest BCUT2D eigenvalue weighted by molar-refractivity contribution is 5.99. The van der Waals surface area contributed by atoms with E-state index < -0.39 is 0 Å². The van der Waals surface area contributed by atoms with Gasteiger partial charge in [0.05, 0.1) is 11.8 Å². The molecule has 3 rings (SSSR count). The van der Waals surface area contributed by atoms with Gasteiger partial charge in [-0.1, -0.05) is 0 Å². The Kier molecular flexibility index (Phi) is 2.40. The van der Waals surface area contributed by atoms with Crippen LogP contribution in [0.5, 0.6) is 0 Å². The molecule has 1 amide bonds. The molecule has 0 aromatic heterocycles. The van der Waals surface area contributed by atoms with Crippen LogP contribution in [0, 0.1) is 0 Å². The predicted octanol–water partition coefficient (Wildman–Crippen LogP) is 0.517. The molecule has 5 heteroatoms. The van der Waals surface area contributed by atoms with Crippen molar-refractivity contribution in [3.05, 3.63) is 47.3 Å². The number of likely N-dealkylation sites (N-methyl/N-ethyl adjacent to an activating group) is 1. The summed E-state index contributed by atoms with van der Waals surface area (Å²) in [7, 11) is 3.51. The van der Waals surface area contributed by atoms with Crippen LogP contribution in [0.4, 0.5) is 0 Å². The molecule has 3 heterocycles. The lowest BCUT2D eigenvalue weighted by Crippen LogP contribution is -2.31. The number of nitrogens with zero attached hydrogens (tertiary/aromatic N) is 2. The van der Waals surface area contributed by atoms with Crippen LogP contribution < -0.4 is 5.32 Å². The average Bonchev–Trinajstić information content (AvgIpc) is 2.85. The van der Waals surface area contributed by atoms with E-state index in [1.54, 1.807) is 31.3 Å². The number of hydrogen-bond donors (Lipinski definition) is 1. The first-order chi connectivity index (χ1) is 8.68. The zero-order chi connectivity index (χ0) is 12.7. The second-order valence-corrected chi connectivity index (χ2v) is 4.57. The Hall–Kier alpha value is -2.17. The zero-order valence-corrected chi connectivity index (χ0v) is 10.4. The first kappa shape index (κ1) is 11.0. The van der Waals surface area contributed by atoms with Crippen molar-refractivity contribution in [3.63, 3.8) is 0 Å². The van der Waals surface area contributed by atoms with Gasteiger partial charge in [-0.25, -0.2) is 0 Å². The van der Waals surface area contributed by atoms with E-state index in [2.05, 4.69) is 5.32 Å². The van der Waals surface area contributed by atoms with Crippen molar-refractivity contribution in [2.24, 2.45) is 0 Å². The van der Waals surface area contributed by atoms with Gasteiger partial charge in [-0.3, -0.25) is 4.79 Å². The number of carbonyl (C=O) groups excluding carboxylic acids is 1. The molecule has 1 N–H and O–H groups in total. The highest BCUT2D eigenvalue weighted by atomic mass is 16.5. The molecule has 18 heavy (non-hydrogen) atoms. The van der Waals surface area contributed by atoms with E-state index in [9.17, 15) is 4.79 Å². The Morgan fingerprint density at radius 2 is 2.33 bits per heavy atom. The van der Waals surface area contributed by atoms with E-state index >= 15 is 0 Å². The quantitative estimate of drug-likeness (QED) is 0.731. The standard InChI is InChI=1S/C13H15N3O2/c1-15(2)13(17)10-8-16-6-5-14-12(16)11-9(10)4-3-7-18-11/h3-4,7-8,14H,5-6H2,1-2H3. The van der Waals surface area contributed by atoms with E-state index in [0.29, 0.717) is 5.57 Å². The highest BCUT2D eigenvalue weighted by Gasteiger charge is 2.33. The first-order valence-corrected chi connectivity index (χ1v) is 5.91. The third kappa shape index (κ3) is 1.51. The third-order valence-corrected chi connectivity index (χ3v) is 3.13. The molecule has 0 radical (unpaired) electrons. The number of allylic oxidation sites excluding steroid dienone is 3. The zero-order valence-electron chi connectivity index (χ0n) is 10.4. The summed E-state index contributed by atoms with van der Waals surface area (Å²) in [5.41, 5.74) is 1.52. The summed E-state index contributed by atoms with van der Waals surface area (Å²) >= 11 is 0. The molecule has 3 aliphatic rings. The third-order valence-electron chi connectivity index (χ3n) is 3.13. The van der Waals surface area contributed by atoms with Gasteiger partial charge in [0.15, 0.2) is 11.6 Å². The van der Waals surface area contributed by atoms with Crippen LogP contribution in [-0.2, 0) is 9.53 Å². The van der Waals surface area contributed by atoms with Crippen molar-refractivity contribution in [1.82, 2.24) is 15.1 Å². The lowest BCUT2D eigenvalue weighted by Gasteiger charge is -2.28. The Morgan fingerprint density at radius 3 is 3.11 bits per heavy atom. The topological polar surface area (TPSA) is 44.8 Å². The molecule has 0 aliphatic carbocycles. The minimum absolute atomic E-state index is 0.0106. The van der Waals surface area contributed by atoms with Gasteiger partial charge in [0.25, 0.3) is 5.91 Å². The summed E-state index contributed by atoms with van der Waals surface area (Å²) in [6, 6.07) is 0. The number of fused-ring (bicyclic) bond motifs is 2. The maximum atomic E-state index is 12.2. The van der Waals surface area contributed by atoms with Crippen molar-refractivity contribution in [3.8, 4) is 0 Å². The van der Waals surface area contributed by atoms with Gasteiger partial charge in [-0.15, -0.1) is 0 Å². The van der Waals surface area contributed by atoms with Gasteiger partial charge in [-0.2, -0.15) is 0 Å². The largest absolute Gasteiger partial charge is 0.461 e. The Balaban J connectivity index is 2.08. The van der Waals surface area contributed by atoms with Crippen LogP contribution in [0.25, 0.3) is 0 Å². The molecule has 1 saturated heterocycles. The lowest BCUT2D eigenvalue weighted by molar-refractivity contribution is -0.124. The molecule has 5 nitrogen and oxygen atoms in total. The normalized spacial score (nSPS) is 20.4. The summed E-state index contributed by atoms with van der Waals surface area (Å²) in [6.07, 6.45) is 7.25. The van der Waals surface area contributed by atoms with Crippen molar-refractivity contribution in [2.75, 3.05) is 27.2 Å². The Morgan fingerprint density at radius 1 is 1.50 bits per heavy atom. The number of hydrogen-bond acceptors (Lipinski definition) is 4. The maximum absolute atomic E-state index is 12.2. The maximum Gasteiger partial charge on any atom is 0.255 e. The van der Waals surface area contributed by atoms with E-state index in [-0.39, 0.29) is 5.91 Å². The molecule has 0 spiro atoms. The summed E-state index contributed by atoms with van der Waals surface area (Å²) in [5, 5.41) is 3.28. The van der Waals surface area contributed by atoms with Gasteiger partial charge in [0.1, 0.15) is 0 Å². The van der Waals surface area contributed by atoms with Crippen LogP contribution in [0.15, 0.2) is 47.3 Å². The van der Waals surface area contributed by atoms with Crippen LogP contribution in [0.2, 0.25) is 0 Å². The number of rotatable bonds is 1. The van der Waals surface area contributed by atoms with Crippen molar-refractivity contribution >= 4 is 5.91 Å². The van der Waals surface area contributed by atoms with Gasteiger partial charge >= 0.3 is 0 Å². The van der Waals surface area contributed by atoms with Crippen molar-refractivity contribution in [2.45, 2.75) is 0 Å². The Bertz CT molecular complexity index is 526. The van der Waals surface area contributed by atoms with Crippen LogP contribution in [-0.4, -0.2) is 42.9 Å². The molecule has 1 fully saturated rings. The van der Waals surface area contributed by atoms with Gasteiger partial charge in [0, 0.05) is 39.0 Å². The van der Waals surface area contributed by atoms with Crippen LogP contribution in [0.1, 0.15) is 0 Å². The van der Waals surface area contributed by atoms with Crippen LogP contribution >= 0.6 is 0 Å². The van der Waals surface area contributed by atoms with Crippen LogP contribution in [0.3, 0.4) is 0 Å². The number of nitrogens with one attached hydrogen (secondary N) is 1. The minimum Gasteiger partial charge on any atom is -0.461 e. The number of carbonyl (C=O) groups is 1. The Labute approximate surface area is 106 Å².